The van der Waals surface area contributed by atoms with Crippen LogP contribution >= 0.6 is 0 Å². The van der Waals surface area contributed by atoms with E-state index in [-0.39, 0.29) is 35.2 Å². The van der Waals surface area contributed by atoms with Crippen molar-refractivity contribution in [2.45, 2.75) is 38.5 Å². The molecule has 5 nitrogen and oxygen atoms in total. The summed E-state index contributed by atoms with van der Waals surface area (Å²) in [6.45, 7) is 5.21. The molecule has 1 atom stereocenters. The number of aliphatic hydroxyl groups is 1. The second kappa shape index (κ2) is 7.20. The Morgan fingerprint density at radius 1 is 1.43 bits per heavy atom. The monoisotopic (exact) mass is 318 g/mol. The lowest BCUT2D eigenvalue weighted by atomic mass is 10.0. The lowest BCUT2D eigenvalue weighted by Crippen LogP contribution is -2.31. The van der Waals surface area contributed by atoms with Crippen LogP contribution in [0, 0.1) is 25.6 Å². The molecule has 0 aliphatic carbocycles. The molecule has 0 aliphatic rings. The van der Waals surface area contributed by atoms with Crippen LogP contribution in [0.25, 0.3) is 0 Å². The molecule has 4 N–H and O–H groups in total. The highest BCUT2D eigenvalue weighted by molar-refractivity contribution is 7.89. The second-order valence-corrected chi connectivity index (χ2v) is 6.89. The Bertz CT molecular complexity index is 603. The summed E-state index contributed by atoms with van der Waals surface area (Å²) < 4.78 is 40.9. The minimum absolute atomic E-state index is 0.0157. The summed E-state index contributed by atoms with van der Waals surface area (Å²) >= 11 is 0. The molecular formula is C14H23FN2O3S. The summed E-state index contributed by atoms with van der Waals surface area (Å²) in [5, 5.41) is 8.93. The average molecular weight is 318 g/mol. The molecule has 0 spiro atoms. The molecule has 1 unspecified atom stereocenters. The molecular weight excluding hydrogens is 295 g/mol. The van der Waals surface area contributed by atoms with Gasteiger partial charge in [0, 0.05) is 13.2 Å². The molecule has 0 fully saturated rings. The maximum absolute atomic E-state index is 13.5. The van der Waals surface area contributed by atoms with Gasteiger partial charge < -0.3 is 10.8 Å². The fraction of sp³-hybridized carbons (Fsp3) is 0.571. The van der Waals surface area contributed by atoms with E-state index in [0.717, 1.165) is 12.5 Å². The quantitative estimate of drug-likeness (QED) is 0.667. The Hall–Kier alpha value is -1.18. The van der Waals surface area contributed by atoms with Gasteiger partial charge in [-0.1, -0.05) is 13.3 Å². The van der Waals surface area contributed by atoms with E-state index in [1.165, 1.54) is 13.8 Å². The van der Waals surface area contributed by atoms with Gasteiger partial charge in [0.25, 0.3) is 0 Å². The largest absolute Gasteiger partial charge is 0.396 e. The van der Waals surface area contributed by atoms with Crippen molar-refractivity contribution in [2.24, 2.45) is 5.92 Å². The van der Waals surface area contributed by atoms with Crippen molar-refractivity contribution in [1.82, 2.24) is 4.72 Å². The highest BCUT2D eigenvalue weighted by atomic mass is 32.2. The van der Waals surface area contributed by atoms with Crippen molar-refractivity contribution in [3.63, 3.8) is 0 Å². The predicted molar refractivity (Wildman–Crippen MR) is 81.0 cm³/mol. The average Bonchev–Trinajstić information content (AvgIpc) is 2.40. The van der Waals surface area contributed by atoms with Gasteiger partial charge >= 0.3 is 0 Å². The number of anilines is 1. The summed E-state index contributed by atoms with van der Waals surface area (Å²) in [6.07, 6.45) is 1.29. The van der Waals surface area contributed by atoms with E-state index >= 15 is 0 Å². The van der Waals surface area contributed by atoms with Crippen LogP contribution in [0.15, 0.2) is 11.0 Å². The van der Waals surface area contributed by atoms with Crippen molar-refractivity contribution in [2.75, 3.05) is 18.9 Å². The summed E-state index contributed by atoms with van der Waals surface area (Å²) in [7, 11) is -3.76. The molecule has 120 valence electrons. The SMILES string of the molecule is CCC(CCO)CNS(=O)(=O)c1c(C)cc(F)c(N)c1C. The maximum atomic E-state index is 13.5. The number of rotatable bonds is 7. The summed E-state index contributed by atoms with van der Waals surface area (Å²) in [5.41, 5.74) is 5.97. The van der Waals surface area contributed by atoms with Crippen LogP contribution in [-0.2, 0) is 10.0 Å². The number of halogens is 1. The molecule has 1 rings (SSSR count). The van der Waals surface area contributed by atoms with Crippen LogP contribution in [0.5, 0.6) is 0 Å². The lowest BCUT2D eigenvalue weighted by Gasteiger charge is -2.17. The first-order valence-corrected chi connectivity index (χ1v) is 8.38. The molecule has 1 aromatic rings. The Balaban J connectivity index is 3.07. The van der Waals surface area contributed by atoms with E-state index in [2.05, 4.69) is 4.72 Å². The van der Waals surface area contributed by atoms with E-state index < -0.39 is 15.8 Å². The molecule has 0 saturated carbocycles. The normalized spacial score (nSPS) is 13.4. The van der Waals surface area contributed by atoms with Crippen LogP contribution in [-0.4, -0.2) is 26.7 Å². The number of hydrogen-bond acceptors (Lipinski definition) is 4. The zero-order valence-electron chi connectivity index (χ0n) is 12.6. The van der Waals surface area contributed by atoms with Gasteiger partial charge in [-0.05, 0) is 43.4 Å². The van der Waals surface area contributed by atoms with E-state index in [1.54, 1.807) is 0 Å². The lowest BCUT2D eigenvalue weighted by molar-refractivity contribution is 0.254. The van der Waals surface area contributed by atoms with Crippen LogP contribution in [0.2, 0.25) is 0 Å². The number of aryl methyl sites for hydroxylation is 1. The summed E-state index contributed by atoms with van der Waals surface area (Å²) in [4.78, 5) is 0.0280. The second-order valence-electron chi connectivity index (χ2n) is 5.18. The first-order valence-electron chi connectivity index (χ1n) is 6.90. The molecule has 7 heteroatoms. The van der Waals surface area contributed by atoms with Crippen molar-refractivity contribution in [1.29, 1.82) is 0 Å². The number of benzene rings is 1. The standard InChI is InChI=1S/C14H23FN2O3S/c1-4-11(5-6-18)8-17-21(19,20)14-9(2)7-12(15)13(16)10(14)3/h7,11,17-18H,4-6,8,16H2,1-3H3. The highest BCUT2D eigenvalue weighted by Crippen LogP contribution is 2.27. The van der Waals surface area contributed by atoms with Gasteiger partial charge in [-0.15, -0.1) is 0 Å². The van der Waals surface area contributed by atoms with Gasteiger partial charge in [0.1, 0.15) is 5.82 Å². The number of nitrogens with one attached hydrogen (secondary N) is 1. The topological polar surface area (TPSA) is 92.4 Å². The Morgan fingerprint density at radius 3 is 2.57 bits per heavy atom. The summed E-state index contributed by atoms with van der Waals surface area (Å²) in [5.74, 6) is -0.557. The third-order valence-electron chi connectivity index (χ3n) is 3.65. The Labute approximate surface area is 125 Å². The first kappa shape index (κ1) is 17.9. The molecule has 0 bridgehead atoms. The molecule has 21 heavy (non-hydrogen) atoms. The van der Waals surface area contributed by atoms with Gasteiger partial charge in [-0.2, -0.15) is 0 Å². The zero-order chi connectivity index (χ0) is 16.2. The third-order valence-corrected chi connectivity index (χ3v) is 5.36. The van der Waals surface area contributed by atoms with Gasteiger partial charge in [-0.25, -0.2) is 17.5 Å². The van der Waals surface area contributed by atoms with Gasteiger partial charge in [0.05, 0.1) is 10.6 Å². The molecule has 0 aromatic heterocycles. The Morgan fingerprint density at radius 2 is 2.05 bits per heavy atom. The van der Waals surface area contributed by atoms with Gasteiger partial charge in [0.15, 0.2) is 0 Å². The summed E-state index contributed by atoms with van der Waals surface area (Å²) in [6, 6.07) is 1.13. The number of hydrogen-bond donors (Lipinski definition) is 3. The molecule has 1 aromatic carbocycles. The van der Waals surface area contributed by atoms with Crippen molar-refractivity contribution >= 4 is 15.7 Å². The molecule has 0 aliphatic heterocycles. The van der Waals surface area contributed by atoms with Gasteiger partial charge in [-0.3, -0.25) is 0 Å². The zero-order valence-corrected chi connectivity index (χ0v) is 13.4. The molecule has 0 saturated heterocycles. The number of sulfonamides is 1. The molecule has 0 heterocycles. The van der Waals surface area contributed by atoms with E-state index in [9.17, 15) is 12.8 Å². The molecule has 0 amide bonds. The number of nitrogens with two attached hydrogens (primary N) is 1. The van der Waals surface area contributed by atoms with E-state index in [1.807, 2.05) is 6.92 Å². The van der Waals surface area contributed by atoms with Crippen LogP contribution in [0.1, 0.15) is 30.9 Å². The van der Waals surface area contributed by atoms with Crippen molar-refractivity contribution < 1.29 is 17.9 Å². The van der Waals surface area contributed by atoms with E-state index in [4.69, 9.17) is 10.8 Å². The Kier molecular flexibility index (Phi) is 6.12. The van der Waals surface area contributed by atoms with Crippen molar-refractivity contribution in [3.05, 3.63) is 23.0 Å². The number of nitrogen functional groups attached to an aromatic ring is 1. The number of aliphatic hydroxyl groups excluding tert-OH is 1. The smallest absolute Gasteiger partial charge is 0.241 e. The highest BCUT2D eigenvalue weighted by Gasteiger charge is 2.23. The first-order chi connectivity index (χ1) is 9.74. The molecule has 0 radical (unpaired) electrons. The minimum atomic E-state index is -3.76. The predicted octanol–water partition coefficient (Wildman–Crippen LogP) is 1.71. The van der Waals surface area contributed by atoms with Crippen LogP contribution < -0.4 is 10.5 Å². The maximum Gasteiger partial charge on any atom is 0.241 e. The van der Waals surface area contributed by atoms with Crippen LogP contribution in [0.4, 0.5) is 10.1 Å². The van der Waals surface area contributed by atoms with Gasteiger partial charge in [0.2, 0.25) is 10.0 Å². The fourth-order valence-corrected chi connectivity index (χ4v) is 3.87. The van der Waals surface area contributed by atoms with Crippen LogP contribution in [0.3, 0.4) is 0 Å². The van der Waals surface area contributed by atoms with E-state index in [0.29, 0.717) is 12.0 Å². The van der Waals surface area contributed by atoms with Crippen molar-refractivity contribution in [3.8, 4) is 0 Å². The minimum Gasteiger partial charge on any atom is -0.396 e. The fourth-order valence-electron chi connectivity index (χ4n) is 2.28. The third kappa shape index (κ3) is 4.15.